The molecule has 2 rings (SSSR count). The van der Waals surface area contributed by atoms with Gasteiger partial charge in [-0.1, -0.05) is 15.5 Å². The zero-order valence-electron chi connectivity index (χ0n) is 8.33. The Kier molecular flexibility index (Phi) is 2.75. The van der Waals surface area contributed by atoms with E-state index in [0.717, 1.165) is 0 Å². The van der Waals surface area contributed by atoms with Crippen LogP contribution in [-0.2, 0) is 9.47 Å². The number of nitrogens with zero attached hydrogens (tertiary/aromatic N) is 3. The van der Waals surface area contributed by atoms with E-state index in [1.807, 2.05) is 0 Å². The van der Waals surface area contributed by atoms with Crippen molar-refractivity contribution in [3.8, 4) is 0 Å². The highest BCUT2D eigenvalue weighted by atomic mass is 16.7. The molecule has 8 heteroatoms. The first-order chi connectivity index (χ1) is 7.74. The zero-order valence-corrected chi connectivity index (χ0v) is 8.33. The van der Waals surface area contributed by atoms with Gasteiger partial charge >= 0.3 is 0 Å². The van der Waals surface area contributed by atoms with Gasteiger partial charge < -0.3 is 25.1 Å². The van der Waals surface area contributed by atoms with Gasteiger partial charge in [0.05, 0.1) is 26.1 Å². The van der Waals surface area contributed by atoms with Gasteiger partial charge in [-0.05, 0) is 0 Å². The summed E-state index contributed by atoms with van der Waals surface area (Å²) in [5, 5.41) is 35.3. The molecule has 0 aromatic rings. The lowest BCUT2D eigenvalue weighted by Gasteiger charge is -2.31. The number of hydrogen-bond donors (Lipinski definition) is 3. The van der Waals surface area contributed by atoms with Crippen molar-refractivity contribution in [3.63, 3.8) is 0 Å². The van der Waals surface area contributed by atoms with Gasteiger partial charge in [0.1, 0.15) is 11.4 Å². The Hall–Kier alpha value is -1.67. The van der Waals surface area contributed by atoms with Gasteiger partial charge in [0.15, 0.2) is 11.5 Å². The van der Waals surface area contributed by atoms with Crippen molar-refractivity contribution in [2.75, 3.05) is 13.2 Å². The number of rotatable bonds is 0. The summed E-state index contributed by atoms with van der Waals surface area (Å²) < 4.78 is 10.8. The Morgan fingerprint density at radius 1 is 0.875 bits per heavy atom. The summed E-state index contributed by atoms with van der Waals surface area (Å²) in [5.74, 6) is -0.975. The molecule has 8 nitrogen and oxygen atoms in total. The summed E-state index contributed by atoms with van der Waals surface area (Å²) in [6, 6.07) is 0. The van der Waals surface area contributed by atoms with E-state index in [2.05, 4.69) is 15.5 Å². The van der Waals surface area contributed by atoms with Gasteiger partial charge in [0, 0.05) is 0 Å². The van der Waals surface area contributed by atoms with Gasteiger partial charge in [-0.3, -0.25) is 0 Å². The third kappa shape index (κ3) is 1.61. The third-order valence-corrected chi connectivity index (χ3v) is 2.58. The second kappa shape index (κ2) is 4.06. The zero-order chi connectivity index (χ0) is 11.6. The summed E-state index contributed by atoms with van der Waals surface area (Å²) in [6.45, 7) is 0.839. The lowest BCUT2D eigenvalue weighted by atomic mass is 9.89. The van der Waals surface area contributed by atoms with Crippen LogP contribution < -0.4 is 0 Å². The van der Waals surface area contributed by atoms with Crippen molar-refractivity contribution in [1.29, 1.82) is 0 Å². The minimum Gasteiger partial charge on any atom is -0.411 e. The van der Waals surface area contributed by atoms with E-state index in [1.54, 1.807) is 0 Å². The van der Waals surface area contributed by atoms with Crippen LogP contribution in [0.5, 0.6) is 0 Å². The van der Waals surface area contributed by atoms with Crippen LogP contribution in [0.15, 0.2) is 15.5 Å². The fourth-order valence-corrected chi connectivity index (χ4v) is 1.89. The molecule has 0 aromatic carbocycles. The lowest BCUT2D eigenvalue weighted by Crippen LogP contribution is -2.46. The predicted molar refractivity (Wildman–Crippen MR) is 51.5 cm³/mol. The highest BCUT2D eigenvalue weighted by molar-refractivity contribution is 6.69. The molecule has 2 fully saturated rings. The molecule has 0 amide bonds. The monoisotopic (exact) mass is 229 g/mol. The first-order valence-corrected chi connectivity index (χ1v) is 4.67. The molecule has 0 atom stereocenters. The lowest BCUT2D eigenvalue weighted by molar-refractivity contribution is -0.145. The average Bonchev–Trinajstić information content (AvgIpc) is 2.76. The number of hydrogen-bond acceptors (Lipinski definition) is 8. The predicted octanol–water partition coefficient (Wildman–Crippen LogP) is 0.0139. The molecule has 0 bridgehead atoms. The molecule has 0 unspecified atom stereocenters. The largest absolute Gasteiger partial charge is 0.411 e. The molecule has 1 aliphatic carbocycles. The maximum atomic E-state index is 8.80. The van der Waals surface area contributed by atoms with Crippen molar-refractivity contribution < 1.29 is 25.1 Å². The minimum atomic E-state index is -0.975. The Balaban J connectivity index is 2.34. The molecule has 16 heavy (non-hydrogen) atoms. The number of oxime groups is 3. The molecule has 1 aliphatic heterocycles. The maximum Gasteiger partial charge on any atom is 0.179 e. The average molecular weight is 229 g/mol. The van der Waals surface area contributed by atoms with E-state index in [4.69, 9.17) is 25.1 Å². The smallest absolute Gasteiger partial charge is 0.179 e. The standard InChI is InChI=1S/C8H11N3O5/c12-9-5-3-8(15-1-2-16-8)4-6(10-13)7(5)11-14/h12-14H,1-4H2/b9-5+,10-6+. The molecule has 88 valence electrons. The second-order valence-corrected chi connectivity index (χ2v) is 3.50. The second-order valence-electron chi connectivity index (χ2n) is 3.50. The van der Waals surface area contributed by atoms with Crippen molar-refractivity contribution in [3.05, 3.63) is 0 Å². The summed E-state index contributed by atoms with van der Waals surface area (Å²) in [7, 11) is 0. The minimum absolute atomic E-state index is 0.0588. The summed E-state index contributed by atoms with van der Waals surface area (Å²) in [4.78, 5) is 0. The van der Waals surface area contributed by atoms with Crippen LogP contribution in [0, 0.1) is 0 Å². The van der Waals surface area contributed by atoms with Crippen LogP contribution in [0.1, 0.15) is 12.8 Å². The number of ether oxygens (including phenoxy) is 2. The SMILES string of the molecule is ON=C1/C(=N/O)CC2(C/C1=N\O)OCCO2. The first-order valence-electron chi connectivity index (χ1n) is 4.67. The van der Waals surface area contributed by atoms with Gasteiger partial charge in [-0.25, -0.2) is 0 Å². The van der Waals surface area contributed by atoms with Crippen LogP contribution in [0.25, 0.3) is 0 Å². The van der Waals surface area contributed by atoms with Crippen molar-refractivity contribution >= 4 is 17.1 Å². The topological polar surface area (TPSA) is 116 Å². The summed E-state index contributed by atoms with van der Waals surface area (Å²) >= 11 is 0. The fourth-order valence-electron chi connectivity index (χ4n) is 1.89. The maximum absolute atomic E-state index is 8.80. The quantitative estimate of drug-likeness (QED) is 0.399. The van der Waals surface area contributed by atoms with E-state index >= 15 is 0 Å². The normalized spacial score (nSPS) is 29.1. The molecule has 1 heterocycles. The fraction of sp³-hybridized carbons (Fsp3) is 0.625. The summed E-state index contributed by atoms with van der Waals surface area (Å²) in [6.07, 6.45) is 0.282. The van der Waals surface area contributed by atoms with Crippen molar-refractivity contribution in [2.24, 2.45) is 15.5 Å². The Morgan fingerprint density at radius 2 is 1.38 bits per heavy atom. The molecule has 1 spiro atoms. The molecule has 2 aliphatic rings. The Labute approximate surface area is 90.4 Å². The molecule has 0 aromatic heterocycles. The first kappa shape index (κ1) is 10.8. The van der Waals surface area contributed by atoms with Gasteiger partial charge in [-0.15, -0.1) is 0 Å². The highest BCUT2D eigenvalue weighted by Gasteiger charge is 2.46. The van der Waals surface area contributed by atoms with Crippen LogP contribution >= 0.6 is 0 Å². The van der Waals surface area contributed by atoms with E-state index < -0.39 is 5.79 Å². The van der Waals surface area contributed by atoms with E-state index in [-0.39, 0.29) is 30.0 Å². The molecule has 1 saturated heterocycles. The molecular formula is C8H11N3O5. The van der Waals surface area contributed by atoms with Crippen molar-refractivity contribution in [1.82, 2.24) is 0 Å². The highest BCUT2D eigenvalue weighted by Crippen LogP contribution is 2.32. The van der Waals surface area contributed by atoms with Gasteiger partial charge in [-0.2, -0.15) is 0 Å². The molecule has 0 radical (unpaired) electrons. The van der Waals surface area contributed by atoms with E-state index in [1.165, 1.54) is 0 Å². The van der Waals surface area contributed by atoms with Crippen LogP contribution in [-0.4, -0.2) is 51.8 Å². The van der Waals surface area contributed by atoms with Crippen LogP contribution in [0.4, 0.5) is 0 Å². The molecule has 3 N–H and O–H groups in total. The van der Waals surface area contributed by atoms with Crippen molar-refractivity contribution in [2.45, 2.75) is 18.6 Å². The molecule has 1 saturated carbocycles. The van der Waals surface area contributed by atoms with Gasteiger partial charge in [0.2, 0.25) is 0 Å². The van der Waals surface area contributed by atoms with Crippen LogP contribution in [0.3, 0.4) is 0 Å². The Bertz CT molecular complexity index is 344. The Morgan fingerprint density at radius 3 is 1.75 bits per heavy atom. The van der Waals surface area contributed by atoms with E-state index in [9.17, 15) is 0 Å². The summed E-state index contributed by atoms with van der Waals surface area (Å²) in [5.41, 5.74) is 0.0571. The van der Waals surface area contributed by atoms with E-state index in [0.29, 0.717) is 13.2 Å². The third-order valence-electron chi connectivity index (χ3n) is 2.58. The van der Waals surface area contributed by atoms with Crippen LogP contribution in [0.2, 0.25) is 0 Å². The van der Waals surface area contributed by atoms with Gasteiger partial charge in [0.25, 0.3) is 0 Å². The molecular weight excluding hydrogens is 218 g/mol.